The molecule has 2 heterocycles. The van der Waals surface area contributed by atoms with E-state index in [9.17, 15) is 4.79 Å². The predicted molar refractivity (Wildman–Crippen MR) is 107 cm³/mol. The number of hydrogen-bond donors (Lipinski definition) is 1. The average Bonchev–Trinajstić information content (AvgIpc) is 3.40. The molecule has 0 unspecified atom stereocenters. The number of amides is 1. The highest BCUT2D eigenvalue weighted by Crippen LogP contribution is 2.23. The lowest BCUT2D eigenvalue weighted by Crippen LogP contribution is -2.12. The van der Waals surface area contributed by atoms with Gasteiger partial charge in [-0.25, -0.2) is 9.97 Å². The molecule has 0 spiro atoms. The Balaban J connectivity index is 1.31. The fourth-order valence-corrected chi connectivity index (χ4v) is 2.87. The molecule has 2 aromatic heterocycles. The van der Waals surface area contributed by atoms with Crippen LogP contribution in [0.15, 0.2) is 77.9 Å². The van der Waals surface area contributed by atoms with Crippen LogP contribution in [0.5, 0.6) is 0 Å². The maximum atomic E-state index is 12.2. The summed E-state index contributed by atoms with van der Waals surface area (Å²) in [6.07, 6.45) is 7.67. The van der Waals surface area contributed by atoms with Crippen molar-refractivity contribution in [2.45, 2.75) is 12.8 Å². The van der Waals surface area contributed by atoms with Gasteiger partial charge in [0, 0.05) is 47.2 Å². The van der Waals surface area contributed by atoms with Gasteiger partial charge in [0.25, 0.3) is 0 Å². The highest BCUT2D eigenvalue weighted by atomic mass is 35.5. The minimum atomic E-state index is -0.0957. The predicted octanol–water partition coefficient (Wildman–Crippen LogP) is 4.75. The number of rotatable bonds is 6. The van der Waals surface area contributed by atoms with E-state index >= 15 is 0 Å². The van der Waals surface area contributed by atoms with Crippen LogP contribution in [0.3, 0.4) is 0 Å². The molecular formula is C21H17ClN4O2. The number of oxazole rings is 1. The third-order valence-corrected chi connectivity index (χ3v) is 4.45. The number of aryl methyl sites for hydroxylation is 1. The molecule has 0 aliphatic heterocycles. The van der Waals surface area contributed by atoms with Crippen molar-refractivity contribution in [1.29, 1.82) is 0 Å². The first-order valence-electron chi connectivity index (χ1n) is 8.76. The maximum absolute atomic E-state index is 12.2. The lowest BCUT2D eigenvalue weighted by molar-refractivity contribution is -0.116. The Morgan fingerprint density at radius 1 is 1.11 bits per heavy atom. The van der Waals surface area contributed by atoms with Crippen LogP contribution >= 0.6 is 11.6 Å². The lowest BCUT2D eigenvalue weighted by Gasteiger charge is -2.06. The van der Waals surface area contributed by atoms with Gasteiger partial charge in [-0.15, -0.1) is 0 Å². The van der Waals surface area contributed by atoms with Gasteiger partial charge in [-0.3, -0.25) is 4.79 Å². The van der Waals surface area contributed by atoms with Gasteiger partial charge in [0.05, 0.1) is 12.5 Å². The fourth-order valence-electron chi connectivity index (χ4n) is 2.75. The number of hydrogen-bond acceptors (Lipinski definition) is 4. The Hall–Kier alpha value is -3.38. The number of imidazole rings is 1. The van der Waals surface area contributed by atoms with E-state index in [2.05, 4.69) is 15.3 Å². The first-order chi connectivity index (χ1) is 13.7. The second kappa shape index (κ2) is 8.10. The quantitative estimate of drug-likeness (QED) is 0.513. The SMILES string of the molecule is O=C(CCc1ncc(-c2ccc(Cl)cc2)o1)Nc1ccc(-n2ccnc2)cc1. The molecule has 28 heavy (non-hydrogen) atoms. The van der Waals surface area contributed by atoms with Crippen molar-refractivity contribution < 1.29 is 9.21 Å². The highest BCUT2D eigenvalue weighted by molar-refractivity contribution is 6.30. The van der Waals surface area contributed by atoms with Gasteiger partial charge in [0.1, 0.15) is 0 Å². The van der Waals surface area contributed by atoms with E-state index in [1.54, 1.807) is 30.9 Å². The van der Waals surface area contributed by atoms with Crippen LogP contribution in [0.1, 0.15) is 12.3 Å². The molecule has 0 saturated heterocycles. The smallest absolute Gasteiger partial charge is 0.224 e. The molecule has 4 rings (SSSR count). The van der Waals surface area contributed by atoms with Crippen molar-refractivity contribution in [3.8, 4) is 17.0 Å². The van der Waals surface area contributed by atoms with Crippen molar-refractivity contribution in [2.75, 3.05) is 5.32 Å². The lowest BCUT2D eigenvalue weighted by atomic mass is 10.2. The first-order valence-corrected chi connectivity index (χ1v) is 9.14. The number of carbonyl (C=O) groups is 1. The van der Waals surface area contributed by atoms with Crippen LogP contribution < -0.4 is 5.32 Å². The fraction of sp³-hybridized carbons (Fsp3) is 0.0952. The van der Waals surface area contributed by atoms with Gasteiger partial charge in [0.2, 0.25) is 5.91 Å². The van der Waals surface area contributed by atoms with Crippen LogP contribution in [0, 0.1) is 0 Å². The second-order valence-electron chi connectivity index (χ2n) is 6.19. The van der Waals surface area contributed by atoms with Crippen LogP contribution in [-0.2, 0) is 11.2 Å². The molecular weight excluding hydrogens is 376 g/mol. The number of halogens is 1. The molecule has 6 nitrogen and oxygen atoms in total. The Labute approximate surface area is 166 Å². The summed E-state index contributed by atoms with van der Waals surface area (Å²) in [5.41, 5.74) is 2.61. The topological polar surface area (TPSA) is 73.0 Å². The molecule has 0 saturated carbocycles. The molecule has 0 aliphatic carbocycles. The molecule has 0 fully saturated rings. The van der Waals surface area contributed by atoms with Crippen LogP contribution in [0.2, 0.25) is 5.02 Å². The van der Waals surface area contributed by atoms with E-state index in [0.717, 1.165) is 16.9 Å². The van der Waals surface area contributed by atoms with Gasteiger partial charge in [-0.05, 0) is 48.5 Å². The van der Waals surface area contributed by atoms with Gasteiger partial charge in [0.15, 0.2) is 11.7 Å². The summed E-state index contributed by atoms with van der Waals surface area (Å²) in [7, 11) is 0. The number of benzene rings is 2. The largest absolute Gasteiger partial charge is 0.441 e. The summed E-state index contributed by atoms with van der Waals surface area (Å²) in [5, 5.41) is 3.55. The van der Waals surface area contributed by atoms with Crippen molar-refractivity contribution >= 4 is 23.2 Å². The highest BCUT2D eigenvalue weighted by Gasteiger charge is 2.09. The summed E-state index contributed by atoms with van der Waals surface area (Å²) in [4.78, 5) is 20.5. The van der Waals surface area contributed by atoms with Crippen LogP contribution in [-0.4, -0.2) is 20.4 Å². The average molecular weight is 393 g/mol. The van der Waals surface area contributed by atoms with Gasteiger partial charge < -0.3 is 14.3 Å². The summed E-state index contributed by atoms with van der Waals surface area (Å²) in [6.45, 7) is 0. The van der Waals surface area contributed by atoms with E-state index in [4.69, 9.17) is 16.0 Å². The normalized spacial score (nSPS) is 10.8. The molecule has 2 aromatic carbocycles. The van der Waals surface area contributed by atoms with E-state index in [1.807, 2.05) is 47.2 Å². The van der Waals surface area contributed by atoms with Crippen molar-refractivity contribution in [1.82, 2.24) is 14.5 Å². The summed E-state index contributed by atoms with van der Waals surface area (Å²) in [6, 6.07) is 14.9. The van der Waals surface area contributed by atoms with Crippen molar-refractivity contribution in [3.63, 3.8) is 0 Å². The molecule has 0 atom stereocenters. The standard InChI is InChI=1S/C21H17ClN4O2/c22-16-3-1-15(2-4-16)19-13-24-21(28-19)10-9-20(27)25-17-5-7-18(8-6-17)26-12-11-23-14-26/h1-8,11-14H,9-10H2,(H,25,27). The van der Waals surface area contributed by atoms with E-state index < -0.39 is 0 Å². The zero-order valence-electron chi connectivity index (χ0n) is 14.9. The van der Waals surface area contributed by atoms with Crippen LogP contribution in [0.4, 0.5) is 5.69 Å². The zero-order chi connectivity index (χ0) is 19.3. The summed E-state index contributed by atoms with van der Waals surface area (Å²) < 4.78 is 7.62. The minimum Gasteiger partial charge on any atom is -0.441 e. The Kier molecular flexibility index (Phi) is 5.21. The third kappa shape index (κ3) is 4.29. The van der Waals surface area contributed by atoms with Crippen molar-refractivity contribution in [3.05, 3.63) is 84.4 Å². The molecule has 1 N–H and O–H groups in total. The Morgan fingerprint density at radius 3 is 2.61 bits per heavy atom. The monoisotopic (exact) mass is 392 g/mol. The second-order valence-corrected chi connectivity index (χ2v) is 6.63. The summed E-state index contributed by atoms with van der Waals surface area (Å²) in [5.74, 6) is 1.08. The molecule has 4 aromatic rings. The van der Waals surface area contributed by atoms with Gasteiger partial charge in [-0.2, -0.15) is 0 Å². The van der Waals surface area contributed by atoms with E-state index in [0.29, 0.717) is 23.1 Å². The van der Waals surface area contributed by atoms with Gasteiger partial charge >= 0.3 is 0 Å². The number of anilines is 1. The maximum Gasteiger partial charge on any atom is 0.224 e. The first kappa shape index (κ1) is 18.0. The van der Waals surface area contributed by atoms with Gasteiger partial charge in [-0.1, -0.05) is 11.6 Å². The van der Waals surface area contributed by atoms with Crippen molar-refractivity contribution in [2.24, 2.45) is 0 Å². The number of nitrogens with zero attached hydrogens (tertiary/aromatic N) is 3. The number of nitrogens with one attached hydrogen (secondary N) is 1. The van der Waals surface area contributed by atoms with E-state index in [1.165, 1.54) is 0 Å². The Morgan fingerprint density at radius 2 is 1.89 bits per heavy atom. The molecule has 7 heteroatoms. The molecule has 0 radical (unpaired) electrons. The molecule has 0 bridgehead atoms. The molecule has 0 aliphatic rings. The Bertz CT molecular complexity index is 1050. The minimum absolute atomic E-state index is 0.0957. The molecule has 140 valence electrons. The summed E-state index contributed by atoms with van der Waals surface area (Å²) >= 11 is 5.90. The third-order valence-electron chi connectivity index (χ3n) is 4.20. The number of carbonyl (C=O) groups excluding carboxylic acids is 1. The number of aromatic nitrogens is 3. The van der Waals surface area contributed by atoms with E-state index in [-0.39, 0.29) is 12.3 Å². The zero-order valence-corrected chi connectivity index (χ0v) is 15.6. The molecule has 1 amide bonds. The van der Waals surface area contributed by atoms with Crippen LogP contribution in [0.25, 0.3) is 17.0 Å².